The second-order valence-corrected chi connectivity index (χ2v) is 12.4. The van der Waals surface area contributed by atoms with Gasteiger partial charge in [-0.25, -0.2) is 21.1 Å². The van der Waals surface area contributed by atoms with Gasteiger partial charge in [0.15, 0.2) is 0 Å². The first-order valence-electron chi connectivity index (χ1n) is 9.39. The van der Waals surface area contributed by atoms with Gasteiger partial charge in [-0.15, -0.1) is 11.3 Å². The molecule has 1 aliphatic heterocycles. The highest BCUT2D eigenvalue weighted by Crippen LogP contribution is 2.30. The number of rotatable bonds is 6. The summed E-state index contributed by atoms with van der Waals surface area (Å²) in [6.07, 6.45) is 1.60. The van der Waals surface area contributed by atoms with Crippen LogP contribution >= 0.6 is 11.3 Å². The molecule has 1 saturated heterocycles. The molecular formula is C19H25N3O5S3. The first kappa shape index (κ1) is 22.9. The fraction of sp³-hybridized carbons (Fsp3) is 0.421. The molecular weight excluding hydrogens is 446 g/mol. The van der Waals surface area contributed by atoms with E-state index in [1.807, 2.05) is 0 Å². The molecule has 11 heteroatoms. The van der Waals surface area contributed by atoms with Gasteiger partial charge < -0.3 is 5.32 Å². The number of carbonyl (C=O) groups is 1. The van der Waals surface area contributed by atoms with Gasteiger partial charge >= 0.3 is 0 Å². The van der Waals surface area contributed by atoms with Crippen LogP contribution in [0.1, 0.15) is 33.6 Å². The molecule has 1 amide bonds. The molecule has 1 N–H and O–H groups in total. The Bertz CT molecular complexity index is 1180. The number of benzene rings is 1. The third-order valence-electron chi connectivity index (χ3n) is 5.19. The van der Waals surface area contributed by atoms with Gasteiger partial charge in [-0.1, -0.05) is 0 Å². The van der Waals surface area contributed by atoms with Crippen LogP contribution in [0.5, 0.6) is 0 Å². The topological polar surface area (TPSA) is 104 Å². The van der Waals surface area contributed by atoms with Crippen molar-refractivity contribution in [1.82, 2.24) is 8.61 Å². The van der Waals surface area contributed by atoms with E-state index in [9.17, 15) is 21.6 Å². The Balaban J connectivity index is 1.97. The number of nitrogens with one attached hydrogen (secondary N) is 1. The second kappa shape index (κ2) is 8.39. The van der Waals surface area contributed by atoms with Gasteiger partial charge in [-0.2, -0.15) is 4.31 Å². The molecule has 0 bridgehead atoms. The van der Waals surface area contributed by atoms with Crippen molar-refractivity contribution >= 4 is 43.0 Å². The molecule has 3 rings (SSSR count). The number of thiophene rings is 1. The minimum Gasteiger partial charge on any atom is -0.321 e. The van der Waals surface area contributed by atoms with Crippen LogP contribution in [0.3, 0.4) is 0 Å². The quantitative estimate of drug-likeness (QED) is 0.698. The average Bonchev–Trinajstić information content (AvgIpc) is 3.37. The lowest BCUT2D eigenvalue weighted by atomic mass is 10.1. The van der Waals surface area contributed by atoms with E-state index in [1.165, 1.54) is 30.5 Å². The normalized spacial score (nSPS) is 15.6. The van der Waals surface area contributed by atoms with E-state index in [0.717, 1.165) is 28.5 Å². The van der Waals surface area contributed by atoms with Gasteiger partial charge in [-0.05, 0) is 61.4 Å². The molecule has 164 valence electrons. The Morgan fingerprint density at radius 1 is 1.10 bits per heavy atom. The number of amides is 1. The highest BCUT2D eigenvalue weighted by molar-refractivity contribution is 7.89. The molecule has 8 nitrogen and oxygen atoms in total. The molecule has 1 fully saturated rings. The lowest BCUT2D eigenvalue weighted by Gasteiger charge is -2.17. The van der Waals surface area contributed by atoms with E-state index in [0.29, 0.717) is 29.9 Å². The predicted molar refractivity (Wildman–Crippen MR) is 117 cm³/mol. The van der Waals surface area contributed by atoms with Crippen molar-refractivity contribution in [1.29, 1.82) is 0 Å². The molecule has 2 heterocycles. The van der Waals surface area contributed by atoms with Gasteiger partial charge in [0.25, 0.3) is 5.91 Å². The third kappa shape index (κ3) is 4.17. The molecule has 0 unspecified atom stereocenters. The maximum atomic E-state index is 13.0. The molecule has 0 saturated carbocycles. The van der Waals surface area contributed by atoms with E-state index in [-0.39, 0.29) is 14.7 Å². The second-order valence-electron chi connectivity index (χ2n) is 7.38. The van der Waals surface area contributed by atoms with Crippen LogP contribution in [-0.4, -0.2) is 58.5 Å². The fourth-order valence-corrected chi connectivity index (χ4v) is 7.06. The number of hydrogen-bond donors (Lipinski definition) is 1. The zero-order valence-electron chi connectivity index (χ0n) is 17.3. The van der Waals surface area contributed by atoms with Crippen molar-refractivity contribution in [3.05, 3.63) is 39.6 Å². The summed E-state index contributed by atoms with van der Waals surface area (Å²) in [5, 5.41) is 4.29. The molecule has 1 aromatic carbocycles. The van der Waals surface area contributed by atoms with Crippen LogP contribution < -0.4 is 5.32 Å². The minimum atomic E-state index is -3.74. The Morgan fingerprint density at radius 2 is 1.73 bits per heavy atom. The zero-order chi connectivity index (χ0) is 22.3. The number of aryl methyl sites for hydroxylation is 1. The summed E-state index contributed by atoms with van der Waals surface area (Å²) in [4.78, 5) is 13.1. The molecule has 1 aromatic heterocycles. The van der Waals surface area contributed by atoms with Crippen LogP contribution in [0.15, 0.2) is 33.4 Å². The summed E-state index contributed by atoms with van der Waals surface area (Å²) >= 11 is 1.04. The zero-order valence-corrected chi connectivity index (χ0v) is 19.7. The molecule has 0 spiro atoms. The summed E-state index contributed by atoms with van der Waals surface area (Å²) in [6, 6.07) is 4.39. The first-order chi connectivity index (χ1) is 14.0. The summed E-state index contributed by atoms with van der Waals surface area (Å²) in [5.41, 5.74) is 1.74. The van der Waals surface area contributed by atoms with E-state index >= 15 is 0 Å². The first-order valence-corrected chi connectivity index (χ1v) is 13.1. The van der Waals surface area contributed by atoms with E-state index in [4.69, 9.17) is 0 Å². The van der Waals surface area contributed by atoms with E-state index < -0.39 is 26.0 Å². The predicted octanol–water partition coefficient (Wildman–Crippen LogP) is 2.65. The van der Waals surface area contributed by atoms with Gasteiger partial charge in [0.2, 0.25) is 20.0 Å². The van der Waals surface area contributed by atoms with Crippen molar-refractivity contribution in [2.24, 2.45) is 0 Å². The van der Waals surface area contributed by atoms with Gasteiger partial charge in [0.05, 0.1) is 4.90 Å². The van der Waals surface area contributed by atoms with Gasteiger partial charge in [0.1, 0.15) is 9.77 Å². The van der Waals surface area contributed by atoms with E-state index in [2.05, 4.69) is 5.32 Å². The van der Waals surface area contributed by atoms with Crippen LogP contribution in [-0.2, 0) is 20.0 Å². The largest absolute Gasteiger partial charge is 0.321 e. The lowest BCUT2D eigenvalue weighted by molar-refractivity contribution is 0.102. The molecule has 30 heavy (non-hydrogen) atoms. The number of sulfonamides is 2. The molecule has 0 atom stereocenters. The maximum absolute atomic E-state index is 13.0. The molecule has 0 radical (unpaired) electrons. The van der Waals surface area contributed by atoms with Crippen LogP contribution in [0, 0.1) is 13.8 Å². The minimum absolute atomic E-state index is 0.0154. The monoisotopic (exact) mass is 471 g/mol. The average molecular weight is 472 g/mol. The Morgan fingerprint density at radius 3 is 2.33 bits per heavy atom. The summed E-state index contributed by atoms with van der Waals surface area (Å²) in [7, 11) is -4.56. The highest BCUT2D eigenvalue weighted by atomic mass is 32.2. The molecule has 1 aliphatic rings. The molecule has 0 aliphatic carbocycles. The smallest absolute Gasteiger partial charge is 0.267 e. The van der Waals surface area contributed by atoms with Crippen LogP contribution in [0.4, 0.5) is 5.69 Å². The number of hydrogen-bond acceptors (Lipinski definition) is 6. The van der Waals surface area contributed by atoms with Crippen molar-refractivity contribution in [2.45, 2.75) is 36.5 Å². The highest BCUT2D eigenvalue weighted by Gasteiger charge is 2.32. The third-order valence-corrected chi connectivity index (χ3v) is 9.96. The standard InChI is InChI=1S/C19H25N3O5S3/c1-13-11-15(29(24,25)21(3)4)12-16(14(13)2)20-19(23)18-17(7-10-28-18)30(26,27)22-8-5-6-9-22/h7,10-12H,5-6,8-9H2,1-4H3,(H,20,23). The van der Waals surface area contributed by atoms with Crippen molar-refractivity contribution in [3.63, 3.8) is 0 Å². The maximum Gasteiger partial charge on any atom is 0.267 e. The summed E-state index contributed by atoms with van der Waals surface area (Å²) in [6.45, 7) is 4.42. The van der Waals surface area contributed by atoms with Crippen LogP contribution in [0.25, 0.3) is 0 Å². The van der Waals surface area contributed by atoms with E-state index in [1.54, 1.807) is 25.3 Å². The van der Waals surface area contributed by atoms with Crippen LogP contribution in [0.2, 0.25) is 0 Å². The number of nitrogens with zero attached hydrogens (tertiary/aromatic N) is 2. The lowest BCUT2D eigenvalue weighted by Crippen LogP contribution is -2.29. The summed E-state index contributed by atoms with van der Waals surface area (Å²) < 4.78 is 53.4. The molecule has 2 aromatic rings. The Hall–Kier alpha value is -1.79. The Kier molecular flexibility index (Phi) is 6.40. The van der Waals surface area contributed by atoms with Crippen molar-refractivity contribution in [2.75, 3.05) is 32.5 Å². The summed E-state index contributed by atoms with van der Waals surface area (Å²) in [5.74, 6) is -0.579. The van der Waals surface area contributed by atoms with Crippen molar-refractivity contribution in [3.8, 4) is 0 Å². The SMILES string of the molecule is Cc1cc(S(=O)(=O)N(C)C)cc(NC(=O)c2sccc2S(=O)(=O)N2CCCC2)c1C. The Labute approximate surface area is 181 Å². The van der Waals surface area contributed by atoms with Crippen molar-refractivity contribution < 1.29 is 21.6 Å². The number of anilines is 1. The fourth-order valence-electron chi connectivity index (χ4n) is 3.23. The van der Waals surface area contributed by atoms with Gasteiger partial charge in [0, 0.05) is 32.9 Å². The number of carbonyl (C=O) groups excluding carboxylic acids is 1. The van der Waals surface area contributed by atoms with Gasteiger partial charge in [-0.3, -0.25) is 4.79 Å².